The molecule has 2 fully saturated rings. The van der Waals surface area contributed by atoms with E-state index in [2.05, 4.69) is 0 Å². The second kappa shape index (κ2) is 5.41. The van der Waals surface area contributed by atoms with Crippen molar-refractivity contribution >= 4 is 32.9 Å². The van der Waals surface area contributed by atoms with Gasteiger partial charge in [-0.05, 0) is 12.3 Å². The molecule has 0 bridgehead atoms. The molecule has 2 amide bonds. The van der Waals surface area contributed by atoms with Crippen LogP contribution in [0.4, 0.5) is 4.79 Å². The number of nitrogens with zero attached hydrogens (tertiary/aromatic N) is 2. The fraction of sp³-hybridized carbons (Fsp3) is 0.818. The zero-order valence-electron chi connectivity index (χ0n) is 11.0. The Bertz CT molecular complexity index is 473. The normalized spacial score (nSPS) is 25.8. The molecule has 0 spiro atoms. The van der Waals surface area contributed by atoms with Crippen LogP contribution in [-0.4, -0.2) is 59.4 Å². The van der Waals surface area contributed by atoms with Crippen LogP contribution in [0.3, 0.4) is 0 Å². The first-order valence-electron chi connectivity index (χ1n) is 6.28. The van der Waals surface area contributed by atoms with Crippen molar-refractivity contribution in [1.29, 1.82) is 0 Å². The Kier molecular flexibility index (Phi) is 4.22. The number of hydrogen-bond acceptors (Lipinski definition) is 5. The van der Waals surface area contributed by atoms with Gasteiger partial charge in [0.1, 0.15) is 0 Å². The maximum Gasteiger partial charge on any atom is 0.289 e. The Morgan fingerprint density at radius 3 is 2.58 bits per heavy atom. The van der Waals surface area contributed by atoms with Crippen LogP contribution < -0.4 is 0 Å². The summed E-state index contributed by atoms with van der Waals surface area (Å²) in [5.41, 5.74) is 0. The van der Waals surface area contributed by atoms with Gasteiger partial charge in [-0.25, -0.2) is 8.42 Å². The lowest BCUT2D eigenvalue weighted by Crippen LogP contribution is -2.42. The Hall–Kier alpha value is -0.600. The van der Waals surface area contributed by atoms with Crippen molar-refractivity contribution in [2.45, 2.75) is 26.3 Å². The quantitative estimate of drug-likeness (QED) is 0.766. The molecular weight excluding hydrogens is 288 g/mol. The molecule has 1 atom stereocenters. The van der Waals surface area contributed by atoms with Crippen molar-refractivity contribution < 1.29 is 18.0 Å². The van der Waals surface area contributed by atoms with Crippen LogP contribution in [0.15, 0.2) is 0 Å². The molecule has 2 aliphatic rings. The summed E-state index contributed by atoms with van der Waals surface area (Å²) in [5, 5.41) is -0.252. The lowest BCUT2D eigenvalue weighted by molar-refractivity contribution is -0.126. The molecule has 8 heteroatoms. The summed E-state index contributed by atoms with van der Waals surface area (Å²) in [7, 11) is -3.28. The topological polar surface area (TPSA) is 74.8 Å². The molecule has 0 aliphatic carbocycles. The first kappa shape index (κ1) is 14.8. The third-order valence-electron chi connectivity index (χ3n) is 3.21. The van der Waals surface area contributed by atoms with Gasteiger partial charge in [0.25, 0.3) is 5.24 Å². The third-order valence-corrected chi connectivity index (χ3v) is 6.25. The molecule has 2 heterocycles. The summed E-state index contributed by atoms with van der Waals surface area (Å²) in [6.45, 7) is 4.35. The van der Waals surface area contributed by atoms with E-state index in [1.165, 1.54) is 9.21 Å². The van der Waals surface area contributed by atoms with Crippen LogP contribution >= 0.6 is 11.8 Å². The van der Waals surface area contributed by atoms with E-state index in [0.29, 0.717) is 13.0 Å². The maximum atomic E-state index is 12.1. The average molecular weight is 306 g/mol. The molecule has 108 valence electrons. The summed E-state index contributed by atoms with van der Waals surface area (Å²) >= 11 is 0.989. The van der Waals surface area contributed by atoms with E-state index in [9.17, 15) is 18.0 Å². The van der Waals surface area contributed by atoms with Crippen molar-refractivity contribution in [3.05, 3.63) is 0 Å². The van der Waals surface area contributed by atoms with Gasteiger partial charge in [0.05, 0.1) is 17.5 Å². The standard InChI is InChI=1S/C11H18N2O4S2/c1-8(2)7-19(16,17)12-4-3-9(5-12)13-10(14)6-18-11(13)15/h8-9H,3-7H2,1-2H3. The van der Waals surface area contributed by atoms with Gasteiger partial charge in [0, 0.05) is 13.1 Å². The minimum Gasteiger partial charge on any atom is -0.273 e. The van der Waals surface area contributed by atoms with Crippen molar-refractivity contribution in [2.24, 2.45) is 5.92 Å². The highest BCUT2D eigenvalue weighted by molar-refractivity contribution is 8.14. The van der Waals surface area contributed by atoms with Crippen molar-refractivity contribution in [3.8, 4) is 0 Å². The summed E-state index contributed by atoms with van der Waals surface area (Å²) in [4.78, 5) is 24.5. The molecule has 0 saturated carbocycles. The van der Waals surface area contributed by atoms with E-state index in [1.54, 1.807) is 0 Å². The Labute approximate surface area is 117 Å². The Morgan fingerprint density at radius 1 is 1.37 bits per heavy atom. The highest BCUT2D eigenvalue weighted by atomic mass is 32.2. The molecule has 0 N–H and O–H groups in total. The predicted octanol–water partition coefficient (Wildman–Crippen LogP) is 0.742. The minimum atomic E-state index is -3.28. The monoisotopic (exact) mass is 306 g/mol. The van der Waals surface area contributed by atoms with Crippen LogP contribution in [-0.2, 0) is 14.8 Å². The number of thioether (sulfide) groups is 1. The number of carbonyl (C=O) groups is 2. The molecule has 0 aromatic heterocycles. The van der Waals surface area contributed by atoms with E-state index in [-0.39, 0.29) is 41.2 Å². The fourth-order valence-corrected chi connectivity index (χ4v) is 5.03. The van der Waals surface area contributed by atoms with Gasteiger partial charge in [0.2, 0.25) is 15.9 Å². The summed E-state index contributed by atoms with van der Waals surface area (Å²) in [6, 6.07) is -0.295. The molecule has 1 unspecified atom stereocenters. The molecule has 6 nitrogen and oxygen atoms in total. The lowest BCUT2D eigenvalue weighted by atomic mass is 10.2. The molecule has 2 saturated heterocycles. The SMILES string of the molecule is CC(C)CS(=O)(=O)N1CCC(N2C(=O)CSC2=O)C1. The first-order valence-corrected chi connectivity index (χ1v) is 8.87. The van der Waals surface area contributed by atoms with Crippen molar-refractivity contribution in [2.75, 3.05) is 24.6 Å². The number of sulfonamides is 1. The zero-order valence-corrected chi connectivity index (χ0v) is 12.7. The third kappa shape index (κ3) is 3.11. The zero-order chi connectivity index (χ0) is 14.2. The summed E-state index contributed by atoms with van der Waals surface area (Å²) in [6.07, 6.45) is 0.537. The molecule has 19 heavy (non-hydrogen) atoms. The minimum absolute atomic E-state index is 0.0645. The smallest absolute Gasteiger partial charge is 0.273 e. The molecule has 2 rings (SSSR count). The van der Waals surface area contributed by atoms with Crippen LogP contribution in [0.5, 0.6) is 0 Å². The van der Waals surface area contributed by atoms with Gasteiger partial charge < -0.3 is 0 Å². The van der Waals surface area contributed by atoms with Gasteiger partial charge in [-0.2, -0.15) is 4.31 Å². The molecule has 0 radical (unpaired) electrons. The lowest BCUT2D eigenvalue weighted by Gasteiger charge is -2.22. The first-order chi connectivity index (χ1) is 8.81. The van der Waals surface area contributed by atoms with Gasteiger partial charge in [-0.3, -0.25) is 14.5 Å². The number of amides is 2. The van der Waals surface area contributed by atoms with Crippen molar-refractivity contribution in [3.63, 3.8) is 0 Å². The van der Waals surface area contributed by atoms with Crippen molar-refractivity contribution in [1.82, 2.24) is 9.21 Å². The molecule has 0 aromatic carbocycles. The maximum absolute atomic E-state index is 12.1. The van der Waals surface area contributed by atoms with E-state index < -0.39 is 10.0 Å². The van der Waals surface area contributed by atoms with E-state index in [0.717, 1.165) is 11.8 Å². The second-order valence-corrected chi connectivity index (χ2v) is 8.23. The number of rotatable bonds is 4. The molecule has 2 aliphatic heterocycles. The van der Waals surface area contributed by atoms with Crippen LogP contribution in [0.2, 0.25) is 0 Å². The Balaban J connectivity index is 2.04. The predicted molar refractivity (Wildman–Crippen MR) is 73.3 cm³/mol. The summed E-state index contributed by atoms with van der Waals surface area (Å²) < 4.78 is 25.6. The van der Waals surface area contributed by atoms with Gasteiger partial charge in [-0.1, -0.05) is 25.6 Å². The van der Waals surface area contributed by atoms with Crippen LogP contribution in [0.25, 0.3) is 0 Å². The summed E-state index contributed by atoms with van der Waals surface area (Å²) in [5.74, 6) is 0.141. The van der Waals surface area contributed by atoms with E-state index in [4.69, 9.17) is 0 Å². The highest BCUT2D eigenvalue weighted by Gasteiger charge is 2.41. The van der Waals surface area contributed by atoms with Gasteiger partial charge in [-0.15, -0.1) is 0 Å². The molecular formula is C11H18N2O4S2. The largest absolute Gasteiger partial charge is 0.289 e. The van der Waals surface area contributed by atoms with Crippen LogP contribution in [0, 0.1) is 5.92 Å². The van der Waals surface area contributed by atoms with E-state index in [1.807, 2.05) is 13.8 Å². The fourth-order valence-electron chi connectivity index (χ4n) is 2.42. The molecule has 0 aromatic rings. The van der Waals surface area contributed by atoms with Gasteiger partial charge in [0.15, 0.2) is 0 Å². The highest BCUT2D eigenvalue weighted by Crippen LogP contribution is 2.27. The average Bonchev–Trinajstić information content (AvgIpc) is 2.84. The second-order valence-electron chi connectivity index (χ2n) is 5.29. The number of carbonyl (C=O) groups excluding carboxylic acids is 2. The van der Waals surface area contributed by atoms with E-state index >= 15 is 0 Å². The Morgan fingerprint density at radius 2 is 2.05 bits per heavy atom. The van der Waals surface area contributed by atoms with Gasteiger partial charge >= 0.3 is 0 Å². The van der Waals surface area contributed by atoms with Crippen LogP contribution in [0.1, 0.15) is 20.3 Å². The number of imide groups is 1. The number of hydrogen-bond donors (Lipinski definition) is 0.